The smallest absolute Gasteiger partial charge is 0.446 e. The van der Waals surface area contributed by atoms with Crippen LogP contribution in [0.15, 0.2) is 39.7 Å². The van der Waals surface area contributed by atoms with Crippen LogP contribution in [0.1, 0.15) is 5.56 Å². The maximum atomic E-state index is 14.0. The number of hydrogen-bond donors (Lipinski definition) is 2. The zero-order valence-corrected chi connectivity index (χ0v) is 14.6. The van der Waals surface area contributed by atoms with Crippen molar-refractivity contribution in [3.63, 3.8) is 0 Å². The second kappa shape index (κ2) is 6.14. The van der Waals surface area contributed by atoms with Crippen LogP contribution in [0.25, 0.3) is 28.6 Å². The molecule has 25 heavy (non-hydrogen) atoms. The Hall–Kier alpha value is -2.43. The summed E-state index contributed by atoms with van der Waals surface area (Å²) in [5.41, 5.74) is 1.32. The highest BCUT2D eigenvalue weighted by atomic mass is 79.9. The monoisotopic (exact) mass is 429 g/mol. The molecular formula is C15H9BrFNO6S. The van der Waals surface area contributed by atoms with Crippen molar-refractivity contribution in [2.45, 2.75) is 0 Å². The van der Waals surface area contributed by atoms with Crippen LogP contribution in [0.3, 0.4) is 0 Å². The highest BCUT2D eigenvalue weighted by Crippen LogP contribution is 2.38. The normalized spacial score (nSPS) is 11.6. The molecule has 7 nitrogen and oxygen atoms in total. The van der Waals surface area contributed by atoms with Gasteiger partial charge in [0, 0.05) is 11.1 Å². The second-order valence-corrected chi connectivity index (χ2v) is 6.67. The molecule has 0 aliphatic heterocycles. The van der Waals surface area contributed by atoms with Gasteiger partial charge in [0.2, 0.25) is 5.89 Å². The Morgan fingerprint density at radius 1 is 1.36 bits per heavy atom. The molecule has 0 aliphatic rings. The predicted molar refractivity (Wildman–Crippen MR) is 91.0 cm³/mol. The van der Waals surface area contributed by atoms with E-state index in [1.165, 1.54) is 18.2 Å². The fraction of sp³-hybridized carbons (Fsp3) is 0. The fourth-order valence-corrected chi connectivity index (χ4v) is 2.90. The molecule has 10 heteroatoms. The first kappa shape index (κ1) is 17.4. The lowest BCUT2D eigenvalue weighted by Crippen LogP contribution is -2.07. The topological polar surface area (TPSA) is 110 Å². The highest BCUT2D eigenvalue weighted by Gasteiger charge is 2.19. The van der Waals surface area contributed by atoms with Crippen LogP contribution in [0.4, 0.5) is 4.39 Å². The van der Waals surface area contributed by atoms with Crippen LogP contribution in [-0.2, 0) is 10.4 Å². The number of oxazole rings is 1. The molecule has 0 saturated carbocycles. The van der Waals surface area contributed by atoms with E-state index in [-0.39, 0.29) is 17.2 Å². The molecule has 0 atom stereocenters. The summed E-state index contributed by atoms with van der Waals surface area (Å²) in [4.78, 5) is 4.20. The minimum atomic E-state index is -4.84. The molecule has 0 radical (unpaired) electrons. The van der Waals surface area contributed by atoms with Crippen molar-refractivity contribution in [2.75, 3.05) is 0 Å². The van der Waals surface area contributed by atoms with E-state index >= 15 is 0 Å². The molecule has 0 unspecified atom stereocenters. The summed E-state index contributed by atoms with van der Waals surface area (Å²) in [5, 5.41) is 9.86. The first-order chi connectivity index (χ1) is 11.7. The third-order valence-corrected chi connectivity index (χ3v) is 4.38. The number of fused-ring (bicyclic) bond motifs is 1. The zero-order valence-electron chi connectivity index (χ0n) is 12.2. The summed E-state index contributed by atoms with van der Waals surface area (Å²) in [5.74, 6) is -1.75. The van der Waals surface area contributed by atoms with Gasteiger partial charge in [-0.3, -0.25) is 4.55 Å². The minimum absolute atomic E-state index is 0.0294. The van der Waals surface area contributed by atoms with Crippen LogP contribution in [0, 0.1) is 5.82 Å². The van der Waals surface area contributed by atoms with Crippen molar-refractivity contribution in [2.24, 2.45) is 0 Å². The van der Waals surface area contributed by atoms with Crippen LogP contribution < -0.4 is 4.18 Å². The Morgan fingerprint density at radius 2 is 2.08 bits per heavy atom. The quantitative estimate of drug-likeness (QED) is 0.604. The van der Waals surface area contributed by atoms with Gasteiger partial charge in [-0.25, -0.2) is 9.37 Å². The van der Waals surface area contributed by atoms with Crippen molar-refractivity contribution in [1.29, 1.82) is 0 Å². The highest BCUT2D eigenvalue weighted by molar-refractivity contribution is 9.10. The van der Waals surface area contributed by atoms with Crippen molar-refractivity contribution >= 4 is 43.5 Å². The number of aromatic hydroxyl groups is 1. The Morgan fingerprint density at radius 3 is 2.68 bits per heavy atom. The van der Waals surface area contributed by atoms with Crippen LogP contribution >= 0.6 is 15.9 Å². The average molecular weight is 430 g/mol. The van der Waals surface area contributed by atoms with Gasteiger partial charge in [-0.2, -0.15) is 8.42 Å². The van der Waals surface area contributed by atoms with E-state index in [2.05, 4.69) is 31.7 Å². The molecule has 0 spiro atoms. The van der Waals surface area contributed by atoms with E-state index in [1.807, 2.05) is 0 Å². The van der Waals surface area contributed by atoms with Crippen molar-refractivity contribution in [1.82, 2.24) is 4.98 Å². The summed E-state index contributed by atoms with van der Waals surface area (Å²) >= 11 is 3.19. The van der Waals surface area contributed by atoms with Crippen molar-refractivity contribution < 1.29 is 31.1 Å². The van der Waals surface area contributed by atoms with Gasteiger partial charge in [-0.05, 0) is 40.2 Å². The molecule has 0 amide bonds. The first-order valence-electron chi connectivity index (χ1n) is 6.61. The summed E-state index contributed by atoms with van der Waals surface area (Å²) in [6.45, 7) is 3.62. The molecule has 3 rings (SSSR count). The number of hydrogen-bond acceptors (Lipinski definition) is 6. The summed E-state index contributed by atoms with van der Waals surface area (Å²) in [6, 6.07) is 4.68. The number of rotatable bonds is 4. The summed E-state index contributed by atoms with van der Waals surface area (Å²) < 4.78 is 53.9. The van der Waals surface area contributed by atoms with E-state index < -0.39 is 22.0 Å². The summed E-state index contributed by atoms with van der Waals surface area (Å²) in [7, 11) is -4.84. The van der Waals surface area contributed by atoms with Crippen LogP contribution in [0.5, 0.6) is 11.5 Å². The Labute approximate surface area is 149 Å². The Balaban J connectivity index is 2.12. The Bertz CT molecular complexity index is 1110. The molecule has 2 N–H and O–H groups in total. The molecular weight excluding hydrogens is 421 g/mol. The number of phenolic OH excluding ortho intramolecular Hbond substituents is 1. The molecule has 130 valence electrons. The minimum Gasteiger partial charge on any atom is -0.507 e. The van der Waals surface area contributed by atoms with Gasteiger partial charge in [0.05, 0.1) is 4.47 Å². The molecule has 1 heterocycles. The third kappa shape index (κ3) is 3.36. The molecule has 0 fully saturated rings. The summed E-state index contributed by atoms with van der Waals surface area (Å²) in [6.07, 6.45) is 1.47. The van der Waals surface area contributed by atoms with Gasteiger partial charge in [0.15, 0.2) is 17.1 Å². The van der Waals surface area contributed by atoms with Gasteiger partial charge in [-0.15, -0.1) is 0 Å². The van der Waals surface area contributed by atoms with E-state index in [9.17, 15) is 17.9 Å². The predicted octanol–water partition coefficient (Wildman–Crippen LogP) is 3.93. The number of halogens is 2. The van der Waals surface area contributed by atoms with Crippen LogP contribution in [0.2, 0.25) is 0 Å². The lowest BCUT2D eigenvalue weighted by molar-refractivity contribution is 0.376. The standard InChI is InChI=1S/C15H9BrFNO6S/c1-2-7-6-10(19)12(16)13-14(7)23-15(18-13)8-3-4-11(9(17)5-8)24-25(20,21)22/h2-6,19H,1H2,(H,20,21,22). The number of benzene rings is 2. The Kier molecular flexibility index (Phi) is 4.27. The zero-order chi connectivity index (χ0) is 18.4. The lowest BCUT2D eigenvalue weighted by atomic mass is 10.2. The van der Waals surface area contributed by atoms with Crippen LogP contribution in [-0.4, -0.2) is 23.1 Å². The van der Waals surface area contributed by atoms with Gasteiger partial charge in [-0.1, -0.05) is 12.7 Å². The SMILES string of the molecule is C=Cc1cc(O)c(Br)c2nc(-c3ccc(OS(=O)(=O)O)c(F)c3)oc12. The van der Waals surface area contributed by atoms with Gasteiger partial charge < -0.3 is 13.7 Å². The average Bonchev–Trinajstić information content (AvgIpc) is 2.97. The second-order valence-electron chi connectivity index (χ2n) is 4.86. The maximum absolute atomic E-state index is 14.0. The van der Waals surface area contributed by atoms with E-state index in [0.29, 0.717) is 21.1 Å². The van der Waals surface area contributed by atoms with Crippen molar-refractivity contribution in [3.05, 3.63) is 46.7 Å². The molecule has 2 aromatic carbocycles. The fourth-order valence-electron chi connectivity index (χ4n) is 2.15. The number of phenols is 1. The molecule has 3 aromatic rings. The number of nitrogens with zero attached hydrogens (tertiary/aromatic N) is 1. The van der Waals surface area contributed by atoms with Crippen molar-refractivity contribution in [3.8, 4) is 23.0 Å². The maximum Gasteiger partial charge on any atom is 0.446 e. The molecule has 0 saturated heterocycles. The largest absolute Gasteiger partial charge is 0.507 e. The molecule has 0 aliphatic carbocycles. The first-order valence-corrected chi connectivity index (χ1v) is 8.76. The number of aromatic nitrogens is 1. The van der Waals surface area contributed by atoms with Gasteiger partial charge >= 0.3 is 10.4 Å². The van der Waals surface area contributed by atoms with Gasteiger partial charge in [0.25, 0.3) is 0 Å². The van der Waals surface area contributed by atoms with E-state index in [0.717, 1.165) is 12.1 Å². The molecule has 0 bridgehead atoms. The lowest BCUT2D eigenvalue weighted by Gasteiger charge is -2.03. The van der Waals surface area contributed by atoms with E-state index in [1.54, 1.807) is 0 Å². The van der Waals surface area contributed by atoms with E-state index in [4.69, 9.17) is 8.97 Å². The third-order valence-electron chi connectivity index (χ3n) is 3.21. The molecule has 1 aromatic heterocycles. The van der Waals surface area contributed by atoms with Gasteiger partial charge in [0.1, 0.15) is 11.3 Å².